The lowest BCUT2D eigenvalue weighted by Gasteiger charge is -2.28. The highest BCUT2D eigenvalue weighted by atomic mass is 32.1. The van der Waals surface area contributed by atoms with Gasteiger partial charge in [-0.1, -0.05) is 0 Å². The van der Waals surface area contributed by atoms with Crippen molar-refractivity contribution in [3.05, 3.63) is 16.1 Å². The van der Waals surface area contributed by atoms with Crippen LogP contribution in [0.15, 0.2) is 5.38 Å². The third-order valence-corrected chi connectivity index (χ3v) is 4.28. The summed E-state index contributed by atoms with van der Waals surface area (Å²) in [4.78, 5) is 4.45. The number of rotatable bonds is 3. The maximum Gasteiger partial charge on any atom is 0.0935 e. The van der Waals surface area contributed by atoms with Crippen molar-refractivity contribution in [2.75, 3.05) is 13.2 Å². The summed E-state index contributed by atoms with van der Waals surface area (Å²) in [5.74, 6) is 0. The van der Waals surface area contributed by atoms with Crippen LogP contribution in [0.3, 0.4) is 0 Å². The fraction of sp³-hybridized carbons (Fsp3) is 0.727. The maximum atomic E-state index is 9.55. The third-order valence-electron chi connectivity index (χ3n) is 3.31. The Hall–Kier alpha value is -0.450. The van der Waals surface area contributed by atoms with Crippen LogP contribution in [0.2, 0.25) is 0 Å². The average Bonchev–Trinajstić information content (AvgIpc) is 2.76. The highest BCUT2D eigenvalue weighted by molar-refractivity contribution is 7.09. The molecule has 0 spiro atoms. The van der Waals surface area contributed by atoms with Gasteiger partial charge in [0.15, 0.2) is 0 Å². The second-order valence-electron chi connectivity index (χ2n) is 4.34. The van der Waals surface area contributed by atoms with E-state index in [-0.39, 0.29) is 18.1 Å². The van der Waals surface area contributed by atoms with E-state index in [0.29, 0.717) is 0 Å². The summed E-state index contributed by atoms with van der Waals surface area (Å²) in [7, 11) is 0. The summed E-state index contributed by atoms with van der Waals surface area (Å²) in [6.07, 6.45) is 1.90. The molecular formula is C11H17NO2S. The Balaban J connectivity index is 2.14. The molecule has 2 rings (SSSR count). The lowest BCUT2D eigenvalue weighted by atomic mass is 9.79. The van der Waals surface area contributed by atoms with Crippen LogP contribution in [0, 0.1) is 12.3 Å². The molecule has 0 aliphatic carbocycles. The summed E-state index contributed by atoms with van der Waals surface area (Å²) in [5.41, 5.74) is 0.958. The Kier molecular flexibility index (Phi) is 3.09. The van der Waals surface area contributed by atoms with Crippen molar-refractivity contribution >= 4 is 11.3 Å². The fourth-order valence-corrected chi connectivity index (χ4v) is 3.03. The minimum Gasteiger partial charge on any atom is -0.396 e. The van der Waals surface area contributed by atoms with Crippen molar-refractivity contribution in [2.24, 2.45) is 5.41 Å². The number of nitrogens with zero attached hydrogens (tertiary/aromatic N) is 1. The van der Waals surface area contributed by atoms with Gasteiger partial charge in [0.25, 0.3) is 0 Å². The van der Waals surface area contributed by atoms with Gasteiger partial charge >= 0.3 is 0 Å². The van der Waals surface area contributed by atoms with E-state index >= 15 is 0 Å². The first kappa shape index (κ1) is 11.0. The molecule has 0 amide bonds. The number of aryl methyl sites for hydroxylation is 1. The van der Waals surface area contributed by atoms with Crippen molar-refractivity contribution in [2.45, 2.75) is 32.8 Å². The second kappa shape index (κ2) is 4.20. The Labute approximate surface area is 94.1 Å². The minimum atomic E-state index is -0.107. The summed E-state index contributed by atoms with van der Waals surface area (Å²) < 4.78 is 5.56. The molecule has 0 aromatic carbocycles. The monoisotopic (exact) mass is 227 g/mol. The molecule has 0 radical (unpaired) electrons. The first-order valence-electron chi connectivity index (χ1n) is 5.30. The van der Waals surface area contributed by atoms with E-state index in [1.54, 1.807) is 11.3 Å². The van der Waals surface area contributed by atoms with Gasteiger partial charge in [0.2, 0.25) is 0 Å². The zero-order valence-corrected chi connectivity index (χ0v) is 10.0. The third kappa shape index (κ3) is 2.07. The van der Waals surface area contributed by atoms with Crippen LogP contribution >= 0.6 is 11.3 Å². The minimum absolute atomic E-state index is 0.107. The Morgan fingerprint density at radius 1 is 1.73 bits per heavy atom. The van der Waals surface area contributed by atoms with E-state index in [4.69, 9.17) is 4.74 Å². The predicted octanol–water partition coefficient (Wildman–Crippen LogP) is 1.78. The Morgan fingerprint density at radius 3 is 3.00 bits per heavy atom. The van der Waals surface area contributed by atoms with E-state index < -0.39 is 0 Å². The summed E-state index contributed by atoms with van der Waals surface area (Å²) in [6, 6.07) is 0. The second-order valence-corrected chi connectivity index (χ2v) is 5.29. The molecule has 1 aliphatic heterocycles. The van der Waals surface area contributed by atoms with Crippen LogP contribution in [-0.2, 0) is 11.2 Å². The topological polar surface area (TPSA) is 42.4 Å². The molecule has 1 aromatic heterocycles. The summed E-state index contributed by atoms with van der Waals surface area (Å²) >= 11 is 1.67. The van der Waals surface area contributed by atoms with Crippen LogP contribution in [0.25, 0.3) is 0 Å². The number of hydrogen-bond donors (Lipinski definition) is 1. The lowest BCUT2D eigenvalue weighted by molar-refractivity contribution is 0.0271. The van der Waals surface area contributed by atoms with E-state index in [1.165, 1.54) is 0 Å². The van der Waals surface area contributed by atoms with Gasteiger partial charge in [0.1, 0.15) is 0 Å². The standard InChI is InChI=1S/C11H17NO2S/c1-8-6-15-10(12-8)5-11(7-13)3-4-14-9(11)2/h6,9,13H,3-5,7H2,1-2H3. The van der Waals surface area contributed by atoms with Gasteiger partial charge in [0.05, 0.1) is 17.7 Å². The smallest absolute Gasteiger partial charge is 0.0935 e. The van der Waals surface area contributed by atoms with Gasteiger partial charge in [-0.15, -0.1) is 11.3 Å². The number of aromatic nitrogens is 1. The summed E-state index contributed by atoms with van der Waals surface area (Å²) in [5, 5.41) is 12.7. The molecule has 84 valence electrons. The van der Waals surface area contributed by atoms with Gasteiger partial charge in [-0.05, 0) is 20.3 Å². The fourth-order valence-electron chi connectivity index (χ4n) is 2.10. The maximum absolute atomic E-state index is 9.55. The van der Waals surface area contributed by atoms with Gasteiger partial charge in [-0.3, -0.25) is 0 Å². The SMILES string of the molecule is Cc1csc(CC2(CO)CCOC2C)n1. The predicted molar refractivity (Wildman–Crippen MR) is 60.1 cm³/mol. The van der Waals surface area contributed by atoms with E-state index in [9.17, 15) is 5.11 Å². The number of aliphatic hydroxyl groups is 1. The molecule has 2 unspecified atom stereocenters. The van der Waals surface area contributed by atoms with Crippen LogP contribution in [0.5, 0.6) is 0 Å². The largest absolute Gasteiger partial charge is 0.396 e. The molecular weight excluding hydrogens is 210 g/mol. The normalized spacial score (nSPS) is 31.0. The summed E-state index contributed by atoms with van der Waals surface area (Å²) in [6.45, 7) is 4.99. The van der Waals surface area contributed by atoms with E-state index in [0.717, 1.165) is 30.2 Å². The van der Waals surface area contributed by atoms with Gasteiger partial charge in [-0.25, -0.2) is 4.98 Å². The number of aliphatic hydroxyl groups excluding tert-OH is 1. The average molecular weight is 227 g/mol. The zero-order chi connectivity index (χ0) is 10.9. The molecule has 1 aliphatic rings. The highest BCUT2D eigenvalue weighted by Gasteiger charge is 2.41. The van der Waals surface area contributed by atoms with E-state index in [1.807, 2.05) is 13.8 Å². The number of thiazole rings is 1. The molecule has 0 saturated carbocycles. The number of hydrogen-bond acceptors (Lipinski definition) is 4. The molecule has 1 aromatic rings. The molecule has 1 N–H and O–H groups in total. The molecule has 3 nitrogen and oxygen atoms in total. The van der Waals surface area contributed by atoms with Crippen LogP contribution in [-0.4, -0.2) is 29.4 Å². The van der Waals surface area contributed by atoms with Gasteiger partial charge in [-0.2, -0.15) is 0 Å². The quantitative estimate of drug-likeness (QED) is 0.856. The van der Waals surface area contributed by atoms with Crippen molar-refractivity contribution in [3.8, 4) is 0 Å². The first-order chi connectivity index (χ1) is 7.16. The van der Waals surface area contributed by atoms with E-state index in [2.05, 4.69) is 10.4 Å². The van der Waals surface area contributed by atoms with Gasteiger partial charge in [0, 0.05) is 29.5 Å². The van der Waals surface area contributed by atoms with Crippen molar-refractivity contribution < 1.29 is 9.84 Å². The van der Waals surface area contributed by atoms with Gasteiger partial charge < -0.3 is 9.84 Å². The van der Waals surface area contributed by atoms with Crippen molar-refractivity contribution in [3.63, 3.8) is 0 Å². The zero-order valence-electron chi connectivity index (χ0n) is 9.19. The number of ether oxygens (including phenoxy) is 1. The molecule has 15 heavy (non-hydrogen) atoms. The molecule has 4 heteroatoms. The molecule has 2 atom stereocenters. The molecule has 2 heterocycles. The Bertz CT molecular complexity index is 339. The van der Waals surface area contributed by atoms with Crippen molar-refractivity contribution in [1.29, 1.82) is 0 Å². The molecule has 1 fully saturated rings. The van der Waals surface area contributed by atoms with Crippen LogP contribution < -0.4 is 0 Å². The van der Waals surface area contributed by atoms with Crippen LogP contribution in [0.1, 0.15) is 24.0 Å². The highest BCUT2D eigenvalue weighted by Crippen LogP contribution is 2.38. The lowest BCUT2D eigenvalue weighted by Crippen LogP contribution is -2.35. The molecule has 1 saturated heterocycles. The Morgan fingerprint density at radius 2 is 2.53 bits per heavy atom. The molecule has 0 bridgehead atoms. The van der Waals surface area contributed by atoms with Crippen molar-refractivity contribution in [1.82, 2.24) is 4.98 Å². The first-order valence-corrected chi connectivity index (χ1v) is 6.18. The van der Waals surface area contributed by atoms with Crippen LogP contribution in [0.4, 0.5) is 0 Å².